The molecule has 0 aliphatic heterocycles. The summed E-state index contributed by atoms with van der Waals surface area (Å²) in [5.41, 5.74) is 1.00. The van der Waals surface area contributed by atoms with E-state index in [0.717, 1.165) is 5.56 Å². The molecule has 3 nitrogen and oxygen atoms in total. The molecule has 0 aliphatic rings. The predicted molar refractivity (Wildman–Crippen MR) is 61.5 cm³/mol. The number of phenols is 1. The van der Waals surface area contributed by atoms with Gasteiger partial charge in [0.1, 0.15) is 11.8 Å². The standard InChI is InChI=1S/C13H11NO2/c1-10(15)12(9-14)4-2-3-11-5-7-13(16)8-6-11/h2-8,16H,1H3/b3-2+,12-4+. The van der Waals surface area contributed by atoms with E-state index < -0.39 is 0 Å². The number of hydrogen-bond acceptors (Lipinski definition) is 3. The Morgan fingerprint density at radius 2 is 2.00 bits per heavy atom. The number of hydrogen-bond donors (Lipinski definition) is 1. The van der Waals surface area contributed by atoms with Crippen LogP contribution in [0.3, 0.4) is 0 Å². The van der Waals surface area contributed by atoms with Gasteiger partial charge < -0.3 is 5.11 Å². The summed E-state index contributed by atoms with van der Waals surface area (Å²) in [5.74, 6) is -0.0491. The molecule has 0 radical (unpaired) electrons. The van der Waals surface area contributed by atoms with Crippen molar-refractivity contribution < 1.29 is 9.90 Å². The molecule has 0 fully saturated rings. The van der Waals surface area contributed by atoms with E-state index >= 15 is 0 Å². The number of rotatable bonds is 3. The smallest absolute Gasteiger partial charge is 0.170 e. The van der Waals surface area contributed by atoms with Crippen molar-refractivity contribution in [1.29, 1.82) is 5.26 Å². The summed E-state index contributed by atoms with van der Waals surface area (Å²) in [4.78, 5) is 10.9. The van der Waals surface area contributed by atoms with Crippen LogP contribution < -0.4 is 0 Å². The number of carbonyl (C=O) groups is 1. The third-order valence-electron chi connectivity index (χ3n) is 1.94. The number of nitriles is 1. The number of aromatic hydroxyl groups is 1. The number of allylic oxidation sites excluding steroid dienone is 3. The molecular weight excluding hydrogens is 202 g/mol. The van der Waals surface area contributed by atoms with Crippen molar-refractivity contribution >= 4 is 11.9 Å². The van der Waals surface area contributed by atoms with Crippen molar-refractivity contribution in [2.75, 3.05) is 0 Å². The Balaban J connectivity index is 2.79. The first kappa shape index (κ1) is 11.7. The third kappa shape index (κ3) is 3.43. The summed E-state index contributed by atoms with van der Waals surface area (Å²) in [5, 5.41) is 17.7. The summed E-state index contributed by atoms with van der Waals surface area (Å²) >= 11 is 0. The van der Waals surface area contributed by atoms with Crippen LogP contribution >= 0.6 is 0 Å². The van der Waals surface area contributed by atoms with E-state index in [1.54, 1.807) is 36.4 Å². The van der Waals surface area contributed by atoms with Gasteiger partial charge in [0.15, 0.2) is 5.78 Å². The van der Waals surface area contributed by atoms with E-state index in [0.29, 0.717) is 0 Å². The van der Waals surface area contributed by atoms with Gasteiger partial charge in [-0.1, -0.05) is 24.3 Å². The van der Waals surface area contributed by atoms with Crippen LogP contribution in [0.4, 0.5) is 0 Å². The zero-order valence-corrected chi connectivity index (χ0v) is 8.84. The van der Waals surface area contributed by atoms with Gasteiger partial charge in [-0.05, 0) is 30.7 Å². The molecule has 3 heteroatoms. The lowest BCUT2D eigenvalue weighted by molar-refractivity contribution is -0.113. The average Bonchev–Trinajstić information content (AvgIpc) is 2.26. The van der Waals surface area contributed by atoms with Gasteiger partial charge in [-0.2, -0.15) is 5.26 Å². The lowest BCUT2D eigenvalue weighted by Crippen LogP contribution is -1.91. The van der Waals surface area contributed by atoms with E-state index in [1.165, 1.54) is 13.0 Å². The SMILES string of the molecule is CC(=O)/C(C#N)=C/C=C/c1ccc(O)cc1. The molecule has 0 atom stereocenters. The molecule has 0 aliphatic carbocycles. The number of Topliss-reactive ketones (excluding diaryl/α,β-unsaturated/α-hetero) is 1. The first-order valence-electron chi connectivity index (χ1n) is 4.72. The van der Waals surface area contributed by atoms with E-state index in [1.807, 2.05) is 6.07 Å². The Labute approximate surface area is 94.0 Å². The van der Waals surface area contributed by atoms with Crippen LogP contribution in [0.1, 0.15) is 12.5 Å². The van der Waals surface area contributed by atoms with Crippen molar-refractivity contribution in [3.05, 3.63) is 47.6 Å². The molecule has 0 saturated carbocycles. The maximum atomic E-state index is 10.9. The molecule has 0 bridgehead atoms. The molecule has 1 aromatic rings. The number of phenolic OH excluding ortho intramolecular Hbond substituents is 1. The lowest BCUT2D eigenvalue weighted by Gasteiger charge is -1.92. The Hall–Kier alpha value is -2.34. The van der Waals surface area contributed by atoms with Gasteiger partial charge in [-0.25, -0.2) is 0 Å². The molecule has 0 heterocycles. The van der Waals surface area contributed by atoms with Crippen molar-refractivity contribution in [3.63, 3.8) is 0 Å². The van der Waals surface area contributed by atoms with Crippen LogP contribution in [0, 0.1) is 11.3 Å². The largest absolute Gasteiger partial charge is 0.508 e. The van der Waals surface area contributed by atoms with Gasteiger partial charge in [-0.15, -0.1) is 0 Å². The fourth-order valence-electron chi connectivity index (χ4n) is 1.07. The summed E-state index contributed by atoms with van der Waals surface area (Å²) < 4.78 is 0. The van der Waals surface area contributed by atoms with Crippen LogP contribution in [-0.2, 0) is 4.79 Å². The van der Waals surface area contributed by atoms with Crippen LogP contribution in [0.25, 0.3) is 6.08 Å². The van der Waals surface area contributed by atoms with E-state index in [2.05, 4.69) is 0 Å². The zero-order chi connectivity index (χ0) is 12.0. The number of ketones is 1. The molecule has 1 rings (SSSR count). The van der Waals surface area contributed by atoms with E-state index in [4.69, 9.17) is 10.4 Å². The highest BCUT2D eigenvalue weighted by atomic mass is 16.3. The van der Waals surface area contributed by atoms with E-state index in [-0.39, 0.29) is 17.1 Å². The van der Waals surface area contributed by atoms with E-state index in [9.17, 15) is 4.79 Å². The second-order valence-corrected chi connectivity index (χ2v) is 3.20. The van der Waals surface area contributed by atoms with Crippen molar-refractivity contribution in [1.82, 2.24) is 0 Å². The van der Waals surface area contributed by atoms with Crippen LogP contribution in [0.5, 0.6) is 5.75 Å². The van der Waals surface area contributed by atoms with Crippen molar-refractivity contribution in [3.8, 4) is 11.8 Å². The van der Waals surface area contributed by atoms with Crippen LogP contribution in [0.2, 0.25) is 0 Å². The first-order chi connectivity index (χ1) is 7.63. The zero-order valence-electron chi connectivity index (χ0n) is 8.84. The number of benzene rings is 1. The fraction of sp³-hybridized carbons (Fsp3) is 0.0769. The van der Waals surface area contributed by atoms with Gasteiger partial charge in [0.25, 0.3) is 0 Å². The molecule has 80 valence electrons. The molecule has 0 unspecified atom stereocenters. The van der Waals surface area contributed by atoms with Gasteiger partial charge >= 0.3 is 0 Å². The Kier molecular flexibility index (Phi) is 4.05. The fourth-order valence-corrected chi connectivity index (χ4v) is 1.07. The normalized spacial score (nSPS) is 11.4. The van der Waals surface area contributed by atoms with Crippen LogP contribution in [-0.4, -0.2) is 10.9 Å². The Bertz CT molecular complexity index is 476. The van der Waals surface area contributed by atoms with Crippen molar-refractivity contribution in [2.45, 2.75) is 6.92 Å². The monoisotopic (exact) mass is 213 g/mol. The van der Waals surface area contributed by atoms with Gasteiger partial charge in [0.2, 0.25) is 0 Å². The molecule has 0 amide bonds. The predicted octanol–water partition coefficient (Wildman–Crippen LogP) is 2.44. The maximum Gasteiger partial charge on any atom is 0.170 e. The average molecular weight is 213 g/mol. The highest BCUT2D eigenvalue weighted by Crippen LogP contribution is 2.10. The minimum Gasteiger partial charge on any atom is -0.508 e. The minimum absolute atomic E-state index is 0.120. The number of nitrogens with zero attached hydrogens (tertiary/aromatic N) is 1. The molecule has 0 aromatic heterocycles. The Morgan fingerprint density at radius 1 is 1.38 bits per heavy atom. The van der Waals surface area contributed by atoms with Crippen LogP contribution in [0.15, 0.2) is 42.0 Å². The third-order valence-corrected chi connectivity index (χ3v) is 1.94. The molecule has 0 saturated heterocycles. The highest BCUT2D eigenvalue weighted by molar-refractivity contribution is 5.97. The topological polar surface area (TPSA) is 61.1 Å². The van der Waals surface area contributed by atoms with Crippen molar-refractivity contribution in [2.24, 2.45) is 0 Å². The molecule has 1 aromatic carbocycles. The second kappa shape index (κ2) is 5.52. The second-order valence-electron chi connectivity index (χ2n) is 3.20. The molecule has 16 heavy (non-hydrogen) atoms. The summed E-state index contributed by atoms with van der Waals surface area (Å²) in [6.07, 6.45) is 4.85. The quantitative estimate of drug-likeness (QED) is 0.476. The Morgan fingerprint density at radius 3 is 2.50 bits per heavy atom. The summed E-state index contributed by atoms with van der Waals surface area (Å²) in [6, 6.07) is 8.43. The summed E-state index contributed by atoms with van der Waals surface area (Å²) in [6.45, 7) is 1.35. The lowest BCUT2D eigenvalue weighted by atomic mass is 10.1. The minimum atomic E-state index is -0.252. The maximum absolute atomic E-state index is 10.9. The van der Waals surface area contributed by atoms with Gasteiger partial charge in [0, 0.05) is 0 Å². The molecule has 1 N–H and O–H groups in total. The summed E-state index contributed by atoms with van der Waals surface area (Å²) in [7, 11) is 0. The molecular formula is C13H11NO2. The molecule has 0 spiro atoms. The van der Waals surface area contributed by atoms with Gasteiger partial charge in [-0.3, -0.25) is 4.79 Å². The van der Waals surface area contributed by atoms with Gasteiger partial charge in [0.05, 0.1) is 5.57 Å². The number of carbonyl (C=O) groups excluding carboxylic acids is 1. The first-order valence-corrected chi connectivity index (χ1v) is 4.72. The highest BCUT2D eigenvalue weighted by Gasteiger charge is 1.98.